The van der Waals surface area contributed by atoms with E-state index in [1.807, 2.05) is 0 Å². The average molecular weight is 248 g/mol. The first-order chi connectivity index (χ1) is 5.95. The summed E-state index contributed by atoms with van der Waals surface area (Å²) in [6.45, 7) is 7.14. The van der Waals surface area contributed by atoms with E-state index >= 15 is 0 Å². The number of hydrogen-bond donors (Lipinski definition) is 1. The minimum Gasteiger partial charge on any atom is -0.352 e. The van der Waals surface area contributed by atoms with Crippen molar-refractivity contribution in [3.8, 4) is 0 Å². The molecule has 1 amide bonds. The molecule has 1 atom stereocenters. The average Bonchev–Trinajstić information content (AvgIpc) is 2.03. The highest BCUT2D eigenvalue weighted by Gasteiger charge is 2.09. The van der Waals surface area contributed by atoms with E-state index in [0.717, 1.165) is 0 Å². The van der Waals surface area contributed by atoms with Crippen LogP contribution in [0.1, 0.15) is 20.3 Å². The van der Waals surface area contributed by atoms with Crippen LogP contribution in [0.25, 0.3) is 0 Å². The van der Waals surface area contributed by atoms with Crippen molar-refractivity contribution in [3.05, 3.63) is 12.2 Å². The predicted molar refractivity (Wildman–Crippen MR) is 55.8 cm³/mol. The van der Waals surface area contributed by atoms with Crippen molar-refractivity contribution in [3.63, 3.8) is 0 Å². The van der Waals surface area contributed by atoms with Crippen molar-refractivity contribution in [1.82, 2.24) is 5.32 Å². The normalized spacial score (nSPS) is 11.9. The molecule has 1 unspecified atom stereocenters. The molecule has 1 N–H and O–H groups in total. The van der Waals surface area contributed by atoms with Gasteiger partial charge in [-0.15, -0.1) is 0 Å². The molecule has 0 heterocycles. The number of amides is 1. The van der Waals surface area contributed by atoms with Gasteiger partial charge in [0.1, 0.15) is 5.78 Å². The van der Waals surface area contributed by atoms with Crippen LogP contribution in [-0.2, 0) is 9.59 Å². The topological polar surface area (TPSA) is 46.2 Å². The molecule has 0 rings (SSSR count). The third-order valence-electron chi connectivity index (χ3n) is 1.51. The van der Waals surface area contributed by atoms with Gasteiger partial charge in [-0.05, 0) is 20.3 Å². The SMILES string of the molecule is C=C(C)C(=O)NCCC(Br)C(C)=O. The van der Waals surface area contributed by atoms with Gasteiger partial charge in [0.25, 0.3) is 0 Å². The zero-order valence-corrected chi connectivity index (χ0v) is 9.48. The molecule has 0 aromatic carbocycles. The van der Waals surface area contributed by atoms with E-state index in [-0.39, 0.29) is 16.5 Å². The molecule has 4 heteroatoms. The number of Topliss-reactive ketones (excluding diaryl/α,β-unsaturated/α-hetero) is 1. The summed E-state index contributed by atoms with van der Waals surface area (Å²) in [4.78, 5) is 21.6. The van der Waals surface area contributed by atoms with Gasteiger partial charge in [-0.2, -0.15) is 0 Å². The molecule has 0 aromatic heterocycles. The molecule has 0 aliphatic heterocycles. The van der Waals surface area contributed by atoms with Crippen LogP contribution in [0, 0.1) is 0 Å². The molecule has 3 nitrogen and oxygen atoms in total. The van der Waals surface area contributed by atoms with Gasteiger partial charge in [0.2, 0.25) is 5.91 Å². The number of nitrogens with one attached hydrogen (secondary N) is 1. The largest absolute Gasteiger partial charge is 0.352 e. The maximum Gasteiger partial charge on any atom is 0.246 e. The second kappa shape index (κ2) is 5.91. The third-order valence-corrected chi connectivity index (χ3v) is 2.61. The fourth-order valence-electron chi connectivity index (χ4n) is 0.667. The number of halogens is 1. The molecular weight excluding hydrogens is 234 g/mol. The van der Waals surface area contributed by atoms with Crippen molar-refractivity contribution in [2.24, 2.45) is 0 Å². The summed E-state index contributed by atoms with van der Waals surface area (Å²) in [5, 5.41) is 2.65. The predicted octanol–water partition coefficient (Wildman–Crippen LogP) is 1.42. The summed E-state index contributed by atoms with van der Waals surface area (Å²) < 4.78 is 0. The number of ketones is 1. The Labute approximate surface area is 86.7 Å². The van der Waals surface area contributed by atoms with E-state index in [0.29, 0.717) is 18.5 Å². The second-order valence-corrected chi connectivity index (χ2v) is 4.01. The molecule has 0 saturated heterocycles. The van der Waals surface area contributed by atoms with Crippen LogP contribution in [0.2, 0.25) is 0 Å². The first-order valence-corrected chi connectivity index (χ1v) is 4.95. The quantitative estimate of drug-likeness (QED) is 0.590. The van der Waals surface area contributed by atoms with Crippen molar-refractivity contribution >= 4 is 27.6 Å². The Morgan fingerprint density at radius 1 is 1.46 bits per heavy atom. The van der Waals surface area contributed by atoms with Gasteiger partial charge in [0.15, 0.2) is 0 Å². The lowest BCUT2D eigenvalue weighted by atomic mass is 10.2. The van der Waals surface area contributed by atoms with Crippen molar-refractivity contribution < 1.29 is 9.59 Å². The summed E-state index contributed by atoms with van der Waals surface area (Å²) in [7, 11) is 0. The Balaban J connectivity index is 3.62. The zero-order chi connectivity index (χ0) is 10.4. The Bertz CT molecular complexity index is 226. The zero-order valence-electron chi connectivity index (χ0n) is 7.89. The monoisotopic (exact) mass is 247 g/mol. The number of carbonyl (C=O) groups is 2. The summed E-state index contributed by atoms with van der Waals surface area (Å²) in [5.74, 6) is -0.0900. The smallest absolute Gasteiger partial charge is 0.246 e. The van der Waals surface area contributed by atoms with Crippen molar-refractivity contribution in [2.45, 2.75) is 25.1 Å². The number of rotatable bonds is 5. The Kier molecular flexibility index (Phi) is 5.62. The van der Waals surface area contributed by atoms with E-state index in [9.17, 15) is 9.59 Å². The Morgan fingerprint density at radius 3 is 2.38 bits per heavy atom. The minimum absolute atomic E-state index is 0.0737. The van der Waals surface area contributed by atoms with Crippen LogP contribution in [0.3, 0.4) is 0 Å². The maximum atomic E-state index is 11.0. The number of alkyl halides is 1. The summed E-state index contributed by atoms with van der Waals surface area (Å²) in [6, 6.07) is 0. The van der Waals surface area contributed by atoms with Crippen LogP contribution in [-0.4, -0.2) is 23.1 Å². The van der Waals surface area contributed by atoms with Gasteiger partial charge < -0.3 is 5.32 Å². The van der Waals surface area contributed by atoms with E-state index in [2.05, 4.69) is 27.8 Å². The lowest BCUT2D eigenvalue weighted by Gasteiger charge is -2.06. The van der Waals surface area contributed by atoms with Crippen LogP contribution in [0.4, 0.5) is 0 Å². The molecule has 0 aliphatic carbocycles. The van der Waals surface area contributed by atoms with Crippen LogP contribution in [0.5, 0.6) is 0 Å². The van der Waals surface area contributed by atoms with E-state index in [1.54, 1.807) is 6.92 Å². The summed E-state index contributed by atoms with van der Waals surface area (Å²) >= 11 is 3.21. The highest BCUT2D eigenvalue weighted by atomic mass is 79.9. The van der Waals surface area contributed by atoms with Gasteiger partial charge in [-0.1, -0.05) is 22.5 Å². The van der Waals surface area contributed by atoms with Gasteiger partial charge in [-0.25, -0.2) is 0 Å². The van der Waals surface area contributed by atoms with Crippen LogP contribution >= 0.6 is 15.9 Å². The molecule has 0 aliphatic rings. The van der Waals surface area contributed by atoms with E-state index < -0.39 is 0 Å². The first-order valence-electron chi connectivity index (χ1n) is 4.03. The highest BCUT2D eigenvalue weighted by Crippen LogP contribution is 2.04. The molecule has 0 spiro atoms. The second-order valence-electron chi connectivity index (χ2n) is 2.90. The molecule has 0 aromatic rings. The van der Waals surface area contributed by atoms with Gasteiger partial charge in [0.05, 0.1) is 4.83 Å². The Morgan fingerprint density at radius 2 is 2.00 bits per heavy atom. The lowest BCUT2D eigenvalue weighted by Crippen LogP contribution is -2.27. The number of carbonyl (C=O) groups excluding carboxylic acids is 2. The molecule has 74 valence electrons. The van der Waals surface area contributed by atoms with Gasteiger partial charge in [0, 0.05) is 12.1 Å². The van der Waals surface area contributed by atoms with Crippen LogP contribution in [0.15, 0.2) is 12.2 Å². The molecule has 0 bridgehead atoms. The molecule has 0 radical (unpaired) electrons. The van der Waals surface area contributed by atoms with E-state index in [4.69, 9.17) is 0 Å². The van der Waals surface area contributed by atoms with E-state index in [1.165, 1.54) is 6.92 Å². The summed E-state index contributed by atoms with van der Waals surface area (Å²) in [6.07, 6.45) is 0.606. The lowest BCUT2D eigenvalue weighted by molar-refractivity contribution is -0.118. The molecule has 0 fully saturated rings. The standard InChI is InChI=1S/C9H14BrNO2/c1-6(2)9(13)11-5-4-8(10)7(3)12/h8H,1,4-5H2,2-3H3,(H,11,13). The maximum absolute atomic E-state index is 11.0. The van der Waals surface area contributed by atoms with Crippen molar-refractivity contribution in [2.75, 3.05) is 6.54 Å². The molecule has 0 saturated carbocycles. The molecular formula is C9H14BrNO2. The fraction of sp³-hybridized carbons (Fsp3) is 0.556. The third kappa shape index (κ3) is 5.58. The fourth-order valence-corrected chi connectivity index (χ4v) is 0.895. The van der Waals surface area contributed by atoms with Crippen LogP contribution < -0.4 is 5.32 Å². The van der Waals surface area contributed by atoms with Crippen molar-refractivity contribution in [1.29, 1.82) is 0 Å². The van der Waals surface area contributed by atoms with Gasteiger partial charge >= 0.3 is 0 Å². The highest BCUT2D eigenvalue weighted by molar-refractivity contribution is 9.10. The first kappa shape index (κ1) is 12.4. The molecule has 13 heavy (non-hydrogen) atoms. The number of hydrogen-bond acceptors (Lipinski definition) is 2. The van der Waals surface area contributed by atoms with Gasteiger partial charge in [-0.3, -0.25) is 9.59 Å². The Hall–Kier alpha value is -0.640. The minimum atomic E-state index is -0.169. The summed E-state index contributed by atoms with van der Waals surface area (Å²) in [5.41, 5.74) is 0.481.